The quantitative estimate of drug-likeness (QED) is 0.884. The van der Waals surface area contributed by atoms with Crippen LogP contribution >= 0.6 is 0 Å². The van der Waals surface area contributed by atoms with Crippen molar-refractivity contribution >= 4 is 10.0 Å². The summed E-state index contributed by atoms with van der Waals surface area (Å²) in [7, 11) is -4.18. The Morgan fingerprint density at radius 3 is 2.50 bits per heavy atom. The molecule has 0 bridgehead atoms. The summed E-state index contributed by atoms with van der Waals surface area (Å²) in [4.78, 5) is 3.22. The van der Waals surface area contributed by atoms with E-state index in [0.717, 1.165) is 13.1 Å². The Labute approximate surface area is 90.6 Å². The van der Waals surface area contributed by atoms with Crippen LogP contribution in [0.3, 0.4) is 0 Å². The van der Waals surface area contributed by atoms with Gasteiger partial charge in [0.1, 0.15) is 10.9 Å². The van der Waals surface area contributed by atoms with E-state index in [0.29, 0.717) is 0 Å². The van der Waals surface area contributed by atoms with Crippen molar-refractivity contribution in [2.24, 2.45) is 0 Å². The van der Waals surface area contributed by atoms with Gasteiger partial charge in [-0.1, -0.05) is 0 Å². The van der Waals surface area contributed by atoms with Gasteiger partial charge in [0.2, 0.25) is 10.0 Å². The Morgan fingerprint density at radius 2 is 2.06 bits per heavy atom. The molecule has 90 valence electrons. The first-order valence-corrected chi connectivity index (χ1v) is 5.71. The molecule has 0 amide bonds. The SMILES string of the molecule is CC(NS(=O)(=O)c1cccnc1)C(F)(F)F. The molecule has 4 nitrogen and oxygen atoms in total. The molecular formula is C8H9F3N2O2S. The number of rotatable bonds is 3. The first kappa shape index (κ1) is 12.9. The molecule has 0 fully saturated rings. The van der Waals surface area contributed by atoms with Crippen molar-refractivity contribution in [1.29, 1.82) is 0 Å². The molecule has 0 saturated carbocycles. The van der Waals surface area contributed by atoms with E-state index in [2.05, 4.69) is 4.98 Å². The van der Waals surface area contributed by atoms with Gasteiger partial charge >= 0.3 is 6.18 Å². The minimum absolute atomic E-state index is 0.300. The monoisotopic (exact) mass is 254 g/mol. The molecule has 8 heteroatoms. The molecule has 16 heavy (non-hydrogen) atoms. The van der Waals surface area contributed by atoms with Crippen molar-refractivity contribution in [2.45, 2.75) is 24.0 Å². The Bertz CT molecular complexity index is 444. The molecule has 1 unspecified atom stereocenters. The maximum absolute atomic E-state index is 12.2. The van der Waals surface area contributed by atoms with E-state index in [1.54, 1.807) is 0 Å². The third-order valence-corrected chi connectivity index (χ3v) is 3.29. The zero-order chi connectivity index (χ0) is 12.4. The lowest BCUT2D eigenvalue weighted by Gasteiger charge is -2.16. The van der Waals surface area contributed by atoms with Crippen LogP contribution < -0.4 is 4.72 Å². The Kier molecular flexibility index (Phi) is 3.54. The summed E-state index contributed by atoms with van der Waals surface area (Å²) in [5.41, 5.74) is 0. The molecular weight excluding hydrogens is 245 g/mol. The van der Waals surface area contributed by atoms with Crippen LogP contribution in [0, 0.1) is 0 Å². The molecule has 0 aliphatic rings. The molecule has 1 aromatic heterocycles. The van der Waals surface area contributed by atoms with Gasteiger partial charge in [-0.05, 0) is 19.1 Å². The maximum Gasteiger partial charge on any atom is 0.404 e. The zero-order valence-corrected chi connectivity index (χ0v) is 9.01. The lowest BCUT2D eigenvalue weighted by molar-refractivity contribution is -0.147. The summed E-state index contributed by atoms with van der Waals surface area (Å²) in [6.45, 7) is 0.730. The Morgan fingerprint density at radius 1 is 1.44 bits per heavy atom. The van der Waals surface area contributed by atoms with Crippen LogP contribution in [-0.4, -0.2) is 25.6 Å². The normalized spacial score (nSPS) is 14.8. The average Bonchev–Trinajstić information content (AvgIpc) is 2.17. The van der Waals surface area contributed by atoms with Crippen molar-refractivity contribution in [3.05, 3.63) is 24.5 Å². The van der Waals surface area contributed by atoms with E-state index in [1.165, 1.54) is 23.1 Å². The number of halogens is 3. The van der Waals surface area contributed by atoms with Gasteiger partial charge in [0.05, 0.1) is 0 Å². The molecule has 0 aliphatic heterocycles. The summed E-state index contributed by atoms with van der Waals surface area (Å²) >= 11 is 0. The fraction of sp³-hybridized carbons (Fsp3) is 0.375. The van der Waals surface area contributed by atoms with Crippen LogP contribution in [0.2, 0.25) is 0 Å². The van der Waals surface area contributed by atoms with Gasteiger partial charge in [-0.2, -0.15) is 17.9 Å². The lowest BCUT2D eigenvalue weighted by atomic mass is 10.4. The van der Waals surface area contributed by atoms with Crippen LogP contribution in [0.4, 0.5) is 13.2 Å². The van der Waals surface area contributed by atoms with Gasteiger partial charge < -0.3 is 0 Å². The van der Waals surface area contributed by atoms with Crippen LogP contribution in [0.5, 0.6) is 0 Å². The molecule has 0 saturated heterocycles. The first-order valence-electron chi connectivity index (χ1n) is 4.22. The summed E-state index contributed by atoms with van der Waals surface area (Å²) in [6, 6.07) is 0.350. The van der Waals surface area contributed by atoms with E-state index < -0.39 is 22.2 Å². The molecule has 1 heterocycles. The fourth-order valence-electron chi connectivity index (χ4n) is 0.874. The molecule has 1 N–H and O–H groups in total. The predicted octanol–water partition coefficient (Wildman–Crippen LogP) is 1.31. The summed E-state index contributed by atoms with van der Waals surface area (Å²) in [5, 5.41) is 0. The number of alkyl halides is 3. The molecule has 0 spiro atoms. The molecule has 1 rings (SSSR count). The van der Waals surface area contributed by atoms with E-state index in [9.17, 15) is 21.6 Å². The second kappa shape index (κ2) is 4.38. The Balaban J connectivity index is 2.90. The number of nitrogens with zero attached hydrogens (tertiary/aromatic N) is 1. The number of aromatic nitrogens is 1. The zero-order valence-electron chi connectivity index (χ0n) is 8.19. The van der Waals surface area contributed by atoms with Gasteiger partial charge in [0.15, 0.2) is 0 Å². The van der Waals surface area contributed by atoms with Crippen LogP contribution in [-0.2, 0) is 10.0 Å². The van der Waals surface area contributed by atoms with Gasteiger partial charge in [-0.25, -0.2) is 8.42 Å². The van der Waals surface area contributed by atoms with Gasteiger partial charge in [-0.3, -0.25) is 4.98 Å². The number of pyridine rings is 1. The summed E-state index contributed by atoms with van der Waals surface area (Å²) in [5.74, 6) is 0. The van der Waals surface area contributed by atoms with Gasteiger partial charge in [-0.15, -0.1) is 0 Å². The molecule has 1 atom stereocenters. The third kappa shape index (κ3) is 3.17. The lowest BCUT2D eigenvalue weighted by Crippen LogP contribution is -2.42. The number of hydrogen-bond acceptors (Lipinski definition) is 3. The van der Waals surface area contributed by atoms with Crippen molar-refractivity contribution in [3.63, 3.8) is 0 Å². The predicted molar refractivity (Wildman–Crippen MR) is 50.1 cm³/mol. The summed E-state index contributed by atoms with van der Waals surface area (Å²) < 4.78 is 60.9. The number of hydrogen-bond donors (Lipinski definition) is 1. The molecule has 0 aliphatic carbocycles. The van der Waals surface area contributed by atoms with Gasteiger partial charge in [0, 0.05) is 12.4 Å². The maximum atomic E-state index is 12.2. The highest BCUT2D eigenvalue weighted by atomic mass is 32.2. The second-order valence-corrected chi connectivity index (χ2v) is 4.79. The third-order valence-electron chi connectivity index (χ3n) is 1.77. The van der Waals surface area contributed by atoms with Crippen molar-refractivity contribution in [1.82, 2.24) is 9.71 Å². The Hall–Kier alpha value is -1.15. The van der Waals surface area contributed by atoms with Crippen molar-refractivity contribution in [2.75, 3.05) is 0 Å². The minimum atomic E-state index is -4.62. The topological polar surface area (TPSA) is 59.1 Å². The van der Waals surface area contributed by atoms with Gasteiger partial charge in [0.25, 0.3) is 0 Å². The fourth-order valence-corrected chi connectivity index (χ4v) is 2.07. The van der Waals surface area contributed by atoms with Crippen LogP contribution in [0.1, 0.15) is 6.92 Å². The summed E-state index contributed by atoms with van der Waals surface area (Å²) in [6.07, 6.45) is -2.31. The molecule has 0 radical (unpaired) electrons. The van der Waals surface area contributed by atoms with Crippen molar-refractivity contribution in [3.8, 4) is 0 Å². The second-order valence-electron chi connectivity index (χ2n) is 3.07. The van der Waals surface area contributed by atoms with Crippen LogP contribution in [0.15, 0.2) is 29.4 Å². The highest BCUT2D eigenvalue weighted by Gasteiger charge is 2.38. The van der Waals surface area contributed by atoms with E-state index >= 15 is 0 Å². The smallest absolute Gasteiger partial charge is 0.263 e. The standard InChI is InChI=1S/C8H9F3N2O2S/c1-6(8(9,10)11)13-16(14,15)7-3-2-4-12-5-7/h2-6,13H,1H3. The average molecular weight is 254 g/mol. The molecule has 0 aromatic carbocycles. The minimum Gasteiger partial charge on any atom is -0.263 e. The van der Waals surface area contributed by atoms with Crippen molar-refractivity contribution < 1.29 is 21.6 Å². The van der Waals surface area contributed by atoms with E-state index in [-0.39, 0.29) is 4.90 Å². The number of nitrogens with one attached hydrogen (secondary N) is 1. The van der Waals surface area contributed by atoms with E-state index in [1.807, 2.05) is 0 Å². The molecule has 1 aromatic rings. The first-order chi connectivity index (χ1) is 7.23. The van der Waals surface area contributed by atoms with Crippen LogP contribution in [0.25, 0.3) is 0 Å². The number of sulfonamides is 1. The highest BCUT2D eigenvalue weighted by Crippen LogP contribution is 2.21. The largest absolute Gasteiger partial charge is 0.404 e. The highest BCUT2D eigenvalue weighted by molar-refractivity contribution is 7.89. The van der Waals surface area contributed by atoms with E-state index in [4.69, 9.17) is 0 Å².